The molecule has 162 valence electrons. The summed E-state index contributed by atoms with van der Waals surface area (Å²) in [5.41, 5.74) is 3.78. The molecule has 0 bridgehead atoms. The Hall–Kier alpha value is -3.00. The Kier molecular flexibility index (Phi) is 5.91. The normalized spacial score (nSPS) is 16.0. The van der Waals surface area contributed by atoms with Crippen LogP contribution in [0.2, 0.25) is 0 Å². The minimum Gasteiger partial charge on any atom is -0.371 e. The second kappa shape index (κ2) is 8.63. The van der Waals surface area contributed by atoms with Gasteiger partial charge in [0.1, 0.15) is 9.88 Å². The van der Waals surface area contributed by atoms with E-state index in [2.05, 4.69) is 32.4 Å². The Balaban J connectivity index is 1.45. The number of amides is 1. The summed E-state index contributed by atoms with van der Waals surface area (Å²) in [5.74, 6) is 0.286. The van der Waals surface area contributed by atoms with Crippen LogP contribution >= 0.6 is 11.3 Å². The van der Waals surface area contributed by atoms with E-state index in [9.17, 15) is 9.59 Å². The molecule has 0 unspecified atom stereocenters. The van der Waals surface area contributed by atoms with Crippen molar-refractivity contribution < 1.29 is 4.79 Å². The van der Waals surface area contributed by atoms with Crippen LogP contribution in [-0.4, -0.2) is 40.3 Å². The SMILES string of the molecule is Cc1nc(-c2c(C)c(C)nn(C)c2=O)sc1C(=O)NC[C@@H]1CCN(c2ccccc2)C1. The summed E-state index contributed by atoms with van der Waals surface area (Å²) in [7, 11) is 1.63. The topological polar surface area (TPSA) is 80.1 Å². The van der Waals surface area contributed by atoms with Gasteiger partial charge in [0.05, 0.1) is 17.0 Å². The maximum Gasteiger partial charge on any atom is 0.277 e. The molecule has 1 aromatic carbocycles. The molecule has 1 amide bonds. The lowest BCUT2D eigenvalue weighted by Crippen LogP contribution is -2.30. The summed E-state index contributed by atoms with van der Waals surface area (Å²) in [6.07, 6.45) is 1.05. The van der Waals surface area contributed by atoms with Gasteiger partial charge in [-0.25, -0.2) is 9.67 Å². The third-order valence-corrected chi connectivity index (χ3v) is 7.07. The van der Waals surface area contributed by atoms with Gasteiger partial charge in [-0.1, -0.05) is 18.2 Å². The lowest BCUT2D eigenvalue weighted by Gasteiger charge is -2.18. The number of nitrogens with one attached hydrogen (secondary N) is 1. The fraction of sp³-hybridized carbons (Fsp3) is 0.391. The average molecular weight is 438 g/mol. The Labute approximate surface area is 185 Å². The third kappa shape index (κ3) is 4.25. The third-order valence-electron chi connectivity index (χ3n) is 5.90. The molecule has 1 atom stereocenters. The van der Waals surface area contributed by atoms with E-state index in [1.807, 2.05) is 39.0 Å². The highest BCUT2D eigenvalue weighted by molar-refractivity contribution is 7.17. The van der Waals surface area contributed by atoms with Crippen molar-refractivity contribution in [1.29, 1.82) is 0 Å². The maximum absolute atomic E-state index is 12.9. The van der Waals surface area contributed by atoms with Crippen LogP contribution in [0.3, 0.4) is 0 Å². The van der Waals surface area contributed by atoms with Crippen LogP contribution in [0.5, 0.6) is 0 Å². The molecule has 0 radical (unpaired) electrons. The summed E-state index contributed by atoms with van der Waals surface area (Å²) < 4.78 is 1.33. The van der Waals surface area contributed by atoms with Crippen molar-refractivity contribution in [3.8, 4) is 10.6 Å². The molecule has 0 aliphatic carbocycles. The van der Waals surface area contributed by atoms with Crippen molar-refractivity contribution in [1.82, 2.24) is 20.1 Å². The van der Waals surface area contributed by atoms with E-state index in [0.29, 0.717) is 33.6 Å². The van der Waals surface area contributed by atoms with Crippen LogP contribution in [0.15, 0.2) is 35.1 Å². The second-order valence-electron chi connectivity index (χ2n) is 8.09. The van der Waals surface area contributed by atoms with Crippen molar-refractivity contribution in [2.45, 2.75) is 27.2 Å². The van der Waals surface area contributed by atoms with Gasteiger partial charge in [0.15, 0.2) is 0 Å². The number of hydrogen-bond acceptors (Lipinski definition) is 6. The molecule has 4 rings (SSSR count). The highest BCUT2D eigenvalue weighted by atomic mass is 32.1. The largest absolute Gasteiger partial charge is 0.371 e. The van der Waals surface area contributed by atoms with Crippen LogP contribution in [0.25, 0.3) is 10.6 Å². The van der Waals surface area contributed by atoms with Gasteiger partial charge in [-0.15, -0.1) is 11.3 Å². The van der Waals surface area contributed by atoms with E-state index in [-0.39, 0.29) is 11.5 Å². The van der Waals surface area contributed by atoms with Crippen molar-refractivity contribution >= 4 is 22.9 Å². The van der Waals surface area contributed by atoms with Crippen molar-refractivity contribution in [3.63, 3.8) is 0 Å². The molecule has 1 fully saturated rings. The number of rotatable bonds is 5. The van der Waals surface area contributed by atoms with Crippen molar-refractivity contribution in [3.05, 3.63) is 62.5 Å². The molecule has 31 heavy (non-hydrogen) atoms. The van der Waals surface area contributed by atoms with E-state index in [1.165, 1.54) is 21.7 Å². The lowest BCUT2D eigenvalue weighted by molar-refractivity contribution is 0.0951. The van der Waals surface area contributed by atoms with Crippen LogP contribution in [-0.2, 0) is 7.05 Å². The first-order valence-corrected chi connectivity index (χ1v) is 11.3. The van der Waals surface area contributed by atoms with Crippen LogP contribution in [0, 0.1) is 26.7 Å². The lowest BCUT2D eigenvalue weighted by atomic mass is 10.1. The van der Waals surface area contributed by atoms with Gasteiger partial charge in [0.25, 0.3) is 11.5 Å². The minimum absolute atomic E-state index is 0.125. The van der Waals surface area contributed by atoms with Crippen molar-refractivity contribution in [2.75, 3.05) is 24.5 Å². The molecule has 0 saturated carbocycles. The number of thiazole rings is 1. The highest BCUT2D eigenvalue weighted by Gasteiger charge is 2.25. The zero-order valence-electron chi connectivity index (χ0n) is 18.3. The molecule has 8 heteroatoms. The molecular formula is C23H27N5O2S. The number of anilines is 1. The molecule has 1 N–H and O–H groups in total. The monoisotopic (exact) mass is 437 g/mol. The van der Waals surface area contributed by atoms with Crippen LogP contribution in [0.4, 0.5) is 5.69 Å². The zero-order chi connectivity index (χ0) is 22.1. The first kappa shape index (κ1) is 21.2. The molecule has 0 spiro atoms. The summed E-state index contributed by atoms with van der Waals surface area (Å²) in [6.45, 7) is 8.11. The zero-order valence-corrected chi connectivity index (χ0v) is 19.1. The maximum atomic E-state index is 12.9. The molecule has 2 aromatic heterocycles. The predicted molar refractivity (Wildman–Crippen MR) is 124 cm³/mol. The quantitative estimate of drug-likeness (QED) is 0.664. The first-order chi connectivity index (χ1) is 14.8. The van der Waals surface area contributed by atoms with Gasteiger partial charge in [0, 0.05) is 32.4 Å². The molecular weight excluding hydrogens is 410 g/mol. The van der Waals surface area contributed by atoms with Crippen LogP contribution in [0.1, 0.15) is 33.0 Å². The molecule has 3 heterocycles. The number of carbonyl (C=O) groups is 1. The number of nitrogens with zero attached hydrogens (tertiary/aromatic N) is 4. The van der Waals surface area contributed by atoms with Gasteiger partial charge in [-0.05, 0) is 50.8 Å². The minimum atomic E-state index is -0.198. The van der Waals surface area contributed by atoms with Gasteiger partial charge in [0.2, 0.25) is 0 Å². The van der Waals surface area contributed by atoms with Crippen LogP contribution < -0.4 is 15.8 Å². The summed E-state index contributed by atoms with van der Waals surface area (Å²) in [5, 5.41) is 7.87. The Bertz CT molecular complexity index is 1170. The van der Waals surface area contributed by atoms with Gasteiger partial charge >= 0.3 is 0 Å². The molecule has 3 aromatic rings. The number of carbonyl (C=O) groups excluding carboxylic acids is 1. The molecule has 1 aliphatic rings. The predicted octanol–water partition coefficient (Wildman–Crippen LogP) is 3.09. The average Bonchev–Trinajstić information content (AvgIpc) is 3.38. The van der Waals surface area contributed by atoms with Gasteiger partial charge in [-0.3, -0.25) is 9.59 Å². The second-order valence-corrected chi connectivity index (χ2v) is 9.09. The smallest absolute Gasteiger partial charge is 0.277 e. The van der Waals surface area contributed by atoms with E-state index in [0.717, 1.165) is 30.8 Å². The molecule has 7 nitrogen and oxygen atoms in total. The number of aryl methyl sites for hydroxylation is 3. The highest BCUT2D eigenvalue weighted by Crippen LogP contribution is 2.29. The number of aromatic nitrogens is 3. The van der Waals surface area contributed by atoms with E-state index in [4.69, 9.17) is 0 Å². The van der Waals surface area contributed by atoms with Gasteiger partial charge < -0.3 is 10.2 Å². The summed E-state index contributed by atoms with van der Waals surface area (Å²) >= 11 is 1.27. The van der Waals surface area contributed by atoms with E-state index < -0.39 is 0 Å². The summed E-state index contributed by atoms with van der Waals surface area (Å²) in [6, 6.07) is 10.4. The fourth-order valence-electron chi connectivity index (χ4n) is 4.00. The molecule has 1 aliphatic heterocycles. The Morgan fingerprint density at radius 1 is 1.19 bits per heavy atom. The standard InChI is InChI=1S/C23H27N5O2S/c1-14-15(2)26-27(4)23(30)19(14)22-25-16(3)20(31-22)21(29)24-12-17-10-11-28(13-17)18-8-6-5-7-9-18/h5-9,17H,10-13H2,1-4H3,(H,24,29)/t17-/m0/s1. The summed E-state index contributed by atoms with van der Waals surface area (Å²) in [4.78, 5) is 33.0. The first-order valence-electron chi connectivity index (χ1n) is 10.5. The fourth-order valence-corrected chi connectivity index (χ4v) is 5.08. The van der Waals surface area contributed by atoms with Gasteiger partial charge in [-0.2, -0.15) is 5.10 Å². The Morgan fingerprint density at radius 3 is 2.68 bits per heavy atom. The van der Waals surface area contributed by atoms with E-state index >= 15 is 0 Å². The number of para-hydroxylation sites is 1. The Morgan fingerprint density at radius 2 is 1.94 bits per heavy atom. The number of benzene rings is 1. The molecule has 1 saturated heterocycles. The van der Waals surface area contributed by atoms with E-state index in [1.54, 1.807) is 7.05 Å². The number of hydrogen-bond donors (Lipinski definition) is 1. The van der Waals surface area contributed by atoms with Crippen molar-refractivity contribution in [2.24, 2.45) is 13.0 Å².